The Morgan fingerprint density at radius 2 is 2.00 bits per heavy atom. The third-order valence-electron chi connectivity index (χ3n) is 3.13. The largest absolute Gasteiger partial charge is 0.478 e. The average molecular weight is 221 g/mol. The number of carboxylic acid groups (broad SMARTS) is 1. The van der Waals surface area contributed by atoms with E-state index in [1.807, 2.05) is 6.07 Å². The van der Waals surface area contributed by atoms with Gasteiger partial charge in [0.2, 0.25) is 5.72 Å². The Labute approximate surface area is 93.7 Å². The average Bonchev–Trinajstić information content (AvgIpc) is 2.28. The molecule has 0 fully saturated rings. The Kier molecular flexibility index (Phi) is 2.69. The minimum Gasteiger partial charge on any atom is -0.478 e. The lowest BCUT2D eigenvalue weighted by atomic mass is 9.85. The highest BCUT2D eigenvalue weighted by atomic mass is 16.4. The molecule has 0 radical (unpaired) electrons. The number of hydrogen-bond donors (Lipinski definition) is 3. The van der Waals surface area contributed by atoms with Gasteiger partial charge in [0, 0.05) is 5.56 Å². The third-order valence-corrected chi connectivity index (χ3v) is 3.13. The van der Waals surface area contributed by atoms with E-state index < -0.39 is 11.7 Å². The highest BCUT2D eigenvalue weighted by molar-refractivity contribution is 5.79. The van der Waals surface area contributed by atoms with Crippen molar-refractivity contribution in [2.45, 2.75) is 31.4 Å². The van der Waals surface area contributed by atoms with Gasteiger partial charge in [0.25, 0.3) is 0 Å². The molecule has 0 saturated carbocycles. The molecule has 0 aromatic heterocycles. The van der Waals surface area contributed by atoms with Gasteiger partial charge in [-0.3, -0.25) is 5.73 Å². The van der Waals surface area contributed by atoms with Crippen LogP contribution in [0.4, 0.5) is 0 Å². The Bertz CT molecular complexity index is 426. The molecule has 4 nitrogen and oxygen atoms in total. The molecule has 0 bridgehead atoms. The van der Waals surface area contributed by atoms with Crippen molar-refractivity contribution in [3.05, 3.63) is 34.9 Å². The van der Waals surface area contributed by atoms with Crippen molar-refractivity contribution in [2.24, 2.45) is 5.73 Å². The number of carbonyl (C=O) groups is 1. The fourth-order valence-corrected chi connectivity index (χ4v) is 2.25. The fourth-order valence-electron chi connectivity index (χ4n) is 2.25. The zero-order valence-electron chi connectivity index (χ0n) is 8.94. The number of aliphatic carboxylic acids is 1. The Balaban J connectivity index is 2.53. The standard InChI is InChI=1S/C12H15NO3/c13-12(16,11(14)15)10-7-3-5-8-4-1-2-6-9(8)10/h3,5,7,16H,1-2,4,6,13H2,(H,14,15). The first kappa shape index (κ1) is 11.1. The molecular formula is C12H15NO3. The molecule has 0 saturated heterocycles. The van der Waals surface area contributed by atoms with Crippen LogP contribution in [0.2, 0.25) is 0 Å². The van der Waals surface area contributed by atoms with E-state index in [0.717, 1.165) is 36.8 Å². The van der Waals surface area contributed by atoms with E-state index in [2.05, 4.69) is 0 Å². The van der Waals surface area contributed by atoms with Gasteiger partial charge < -0.3 is 10.2 Å². The molecule has 1 aromatic rings. The molecule has 1 atom stereocenters. The second-order valence-corrected chi connectivity index (χ2v) is 4.22. The molecular weight excluding hydrogens is 206 g/mol. The minimum atomic E-state index is -2.28. The number of fused-ring (bicyclic) bond motifs is 1. The predicted octanol–water partition coefficient (Wildman–Crippen LogP) is 0.754. The molecule has 1 aliphatic carbocycles. The molecule has 1 aliphatic rings. The maximum Gasteiger partial charge on any atom is 0.356 e. The van der Waals surface area contributed by atoms with Gasteiger partial charge in [-0.05, 0) is 36.8 Å². The Morgan fingerprint density at radius 3 is 2.69 bits per heavy atom. The van der Waals surface area contributed by atoms with Gasteiger partial charge in [-0.15, -0.1) is 0 Å². The molecule has 4 heteroatoms. The predicted molar refractivity (Wildman–Crippen MR) is 58.8 cm³/mol. The second-order valence-electron chi connectivity index (χ2n) is 4.22. The van der Waals surface area contributed by atoms with Crippen LogP contribution in [0.15, 0.2) is 18.2 Å². The van der Waals surface area contributed by atoms with E-state index in [-0.39, 0.29) is 0 Å². The first-order valence-electron chi connectivity index (χ1n) is 5.39. The summed E-state index contributed by atoms with van der Waals surface area (Å²) in [5.41, 5.74) is 5.53. The number of rotatable bonds is 2. The van der Waals surface area contributed by atoms with Gasteiger partial charge in [0.05, 0.1) is 0 Å². The van der Waals surface area contributed by atoms with E-state index in [0.29, 0.717) is 5.56 Å². The summed E-state index contributed by atoms with van der Waals surface area (Å²) in [6.45, 7) is 0. The molecule has 0 spiro atoms. The number of hydrogen-bond acceptors (Lipinski definition) is 3. The topological polar surface area (TPSA) is 83.5 Å². The maximum atomic E-state index is 10.9. The van der Waals surface area contributed by atoms with E-state index in [1.165, 1.54) is 0 Å². The van der Waals surface area contributed by atoms with Crippen molar-refractivity contribution < 1.29 is 15.0 Å². The van der Waals surface area contributed by atoms with Crippen LogP contribution in [0.3, 0.4) is 0 Å². The first-order chi connectivity index (χ1) is 7.53. The Hall–Kier alpha value is -1.39. The van der Waals surface area contributed by atoms with Crippen molar-refractivity contribution in [2.75, 3.05) is 0 Å². The van der Waals surface area contributed by atoms with Crippen LogP contribution in [-0.2, 0) is 23.4 Å². The Morgan fingerprint density at radius 1 is 1.31 bits per heavy atom. The molecule has 86 valence electrons. The molecule has 2 rings (SSSR count). The summed E-state index contributed by atoms with van der Waals surface area (Å²) < 4.78 is 0. The van der Waals surface area contributed by atoms with E-state index in [4.69, 9.17) is 10.8 Å². The molecule has 16 heavy (non-hydrogen) atoms. The van der Waals surface area contributed by atoms with Crippen LogP contribution in [0.5, 0.6) is 0 Å². The molecule has 1 unspecified atom stereocenters. The van der Waals surface area contributed by atoms with Crippen LogP contribution < -0.4 is 5.73 Å². The molecule has 0 aliphatic heterocycles. The SMILES string of the molecule is NC(O)(C(=O)O)c1cccc2c1CCCC2. The molecule has 1 aromatic carbocycles. The summed E-state index contributed by atoms with van der Waals surface area (Å²) >= 11 is 0. The van der Waals surface area contributed by atoms with Crippen LogP contribution in [-0.4, -0.2) is 16.2 Å². The van der Waals surface area contributed by atoms with Gasteiger partial charge >= 0.3 is 5.97 Å². The van der Waals surface area contributed by atoms with Gasteiger partial charge in [0.1, 0.15) is 0 Å². The van der Waals surface area contributed by atoms with E-state index in [1.54, 1.807) is 12.1 Å². The lowest BCUT2D eigenvalue weighted by molar-refractivity contribution is -0.159. The van der Waals surface area contributed by atoms with Crippen LogP contribution in [0.25, 0.3) is 0 Å². The van der Waals surface area contributed by atoms with Crippen molar-refractivity contribution in [1.82, 2.24) is 0 Å². The van der Waals surface area contributed by atoms with Gasteiger partial charge in [-0.2, -0.15) is 0 Å². The van der Waals surface area contributed by atoms with E-state index >= 15 is 0 Å². The normalized spacial score (nSPS) is 18.6. The zero-order valence-corrected chi connectivity index (χ0v) is 8.94. The lowest BCUT2D eigenvalue weighted by Gasteiger charge is -2.25. The third kappa shape index (κ3) is 1.70. The summed E-state index contributed by atoms with van der Waals surface area (Å²) in [5, 5.41) is 18.7. The second kappa shape index (κ2) is 3.88. The van der Waals surface area contributed by atoms with Gasteiger partial charge in [-0.25, -0.2) is 4.79 Å². The lowest BCUT2D eigenvalue weighted by Crippen LogP contribution is -2.45. The highest BCUT2D eigenvalue weighted by Crippen LogP contribution is 2.29. The summed E-state index contributed by atoms with van der Waals surface area (Å²) in [6, 6.07) is 5.31. The first-order valence-corrected chi connectivity index (χ1v) is 5.39. The summed E-state index contributed by atoms with van der Waals surface area (Å²) in [5.74, 6) is -1.41. The van der Waals surface area contributed by atoms with Crippen LogP contribution >= 0.6 is 0 Å². The number of nitrogens with two attached hydrogens (primary N) is 1. The molecule has 4 N–H and O–H groups in total. The smallest absolute Gasteiger partial charge is 0.356 e. The number of benzene rings is 1. The quantitative estimate of drug-likeness (QED) is 0.643. The van der Waals surface area contributed by atoms with Crippen LogP contribution in [0, 0.1) is 0 Å². The highest BCUT2D eigenvalue weighted by Gasteiger charge is 2.36. The summed E-state index contributed by atoms with van der Waals surface area (Å²) in [6.07, 6.45) is 3.84. The number of aryl methyl sites for hydroxylation is 1. The monoisotopic (exact) mass is 221 g/mol. The molecule has 0 amide bonds. The number of aliphatic hydroxyl groups is 1. The van der Waals surface area contributed by atoms with Crippen molar-refractivity contribution in [1.29, 1.82) is 0 Å². The fraction of sp³-hybridized carbons (Fsp3) is 0.417. The van der Waals surface area contributed by atoms with Crippen molar-refractivity contribution in [3.8, 4) is 0 Å². The summed E-state index contributed by atoms with van der Waals surface area (Å²) in [4.78, 5) is 10.9. The maximum absolute atomic E-state index is 10.9. The minimum absolute atomic E-state index is 0.331. The van der Waals surface area contributed by atoms with E-state index in [9.17, 15) is 9.90 Å². The van der Waals surface area contributed by atoms with Crippen LogP contribution in [0.1, 0.15) is 29.5 Å². The van der Waals surface area contributed by atoms with Crippen molar-refractivity contribution >= 4 is 5.97 Å². The summed E-state index contributed by atoms with van der Waals surface area (Å²) in [7, 11) is 0. The van der Waals surface area contributed by atoms with Gasteiger partial charge in [0.15, 0.2) is 0 Å². The number of carboxylic acids is 1. The molecule has 0 heterocycles. The van der Waals surface area contributed by atoms with Gasteiger partial charge in [-0.1, -0.05) is 18.2 Å². The zero-order chi connectivity index (χ0) is 11.8. The van der Waals surface area contributed by atoms with Crippen molar-refractivity contribution in [3.63, 3.8) is 0 Å².